The number of carboxylic acid groups (broad SMARTS) is 1. The molecular formula is C25H30N6O6S. The van der Waals surface area contributed by atoms with E-state index in [0.29, 0.717) is 22.8 Å². The number of benzene rings is 1. The summed E-state index contributed by atoms with van der Waals surface area (Å²) in [5.74, 6) is -1.72. The zero-order valence-corrected chi connectivity index (χ0v) is 22.2. The van der Waals surface area contributed by atoms with Gasteiger partial charge in [-0.05, 0) is 18.4 Å². The van der Waals surface area contributed by atoms with Gasteiger partial charge >= 0.3 is 5.97 Å². The molecule has 12 nitrogen and oxygen atoms in total. The van der Waals surface area contributed by atoms with E-state index in [0.717, 1.165) is 5.56 Å². The Morgan fingerprint density at radius 3 is 2.53 bits per heavy atom. The van der Waals surface area contributed by atoms with E-state index in [9.17, 15) is 24.3 Å². The average molecular weight is 543 g/mol. The number of aliphatic carboxylic acids is 1. The predicted molar refractivity (Wildman–Crippen MR) is 141 cm³/mol. The zero-order chi connectivity index (χ0) is 27.7. The molecule has 0 aliphatic heterocycles. The average Bonchev–Trinajstić information content (AvgIpc) is 3.28. The number of anilines is 1. The Kier molecular flexibility index (Phi) is 10.2. The minimum absolute atomic E-state index is 0.0156. The Bertz CT molecular complexity index is 1320. The highest BCUT2D eigenvalue weighted by molar-refractivity contribution is 7.99. The monoisotopic (exact) mass is 542 g/mol. The van der Waals surface area contributed by atoms with Crippen LogP contribution in [0.3, 0.4) is 0 Å². The van der Waals surface area contributed by atoms with E-state index in [1.807, 2.05) is 44.2 Å². The third-order valence-corrected chi connectivity index (χ3v) is 6.55. The summed E-state index contributed by atoms with van der Waals surface area (Å²) in [4.78, 5) is 54.3. The van der Waals surface area contributed by atoms with E-state index in [-0.39, 0.29) is 24.0 Å². The smallest absolute Gasteiger partial charge is 0.305 e. The van der Waals surface area contributed by atoms with Gasteiger partial charge in [0.05, 0.1) is 30.5 Å². The first-order valence-corrected chi connectivity index (χ1v) is 13.1. The predicted octanol–water partition coefficient (Wildman–Crippen LogP) is 2.13. The molecule has 1 aromatic carbocycles. The quantitative estimate of drug-likeness (QED) is 0.273. The van der Waals surface area contributed by atoms with Crippen LogP contribution in [0.5, 0.6) is 0 Å². The molecule has 3 N–H and O–H groups in total. The second-order valence-corrected chi connectivity index (χ2v) is 9.90. The van der Waals surface area contributed by atoms with Gasteiger partial charge in [0.25, 0.3) is 5.56 Å². The lowest BCUT2D eigenvalue weighted by Crippen LogP contribution is -2.45. The number of carbonyl (C=O) groups excluding carboxylic acids is 2. The summed E-state index contributed by atoms with van der Waals surface area (Å²) in [5.41, 5.74) is 2.10. The van der Waals surface area contributed by atoms with Gasteiger partial charge in [0.1, 0.15) is 17.9 Å². The van der Waals surface area contributed by atoms with Crippen molar-refractivity contribution >= 4 is 35.2 Å². The number of thioether (sulfide) groups is 1. The highest BCUT2D eigenvalue weighted by atomic mass is 32.2. The molecule has 1 atom stereocenters. The number of nitrogens with zero attached hydrogens (tertiary/aromatic N) is 4. The van der Waals surface area contributed by atoms with E-state index in [4.69, 9.17) is 0 Å². The molecule has 202 valence electrons. The molecule has 0 aliphatic carbocycles. The van der Waals surface area contributed by atoms with Crippen LogP contribution in [0.4, 0.5) is 5.82 Å². The number of carbonyl (C=O) groups is 3. The number of nitrogens with one attached hydrogen (secondary N) is 2. The summed E-state index contributed by atoms with van der Waals surface area (Å²) in [6, 6.07) is 8.32. The molecular weight excluding hydrogens is 512 g/mol. The Labute approximate surface area is 223 Å². The van der Waals surface area contributed by atoms with Gasteiger partial charge in [-0.3, -0.25) is 19.2 Å². The van der Waals surface area contributed by atoms with Gasteiger partial charge in [-0.25, -0.2) is 9.61 Å². The molecule has 0 saturated carbocycles. The van der Waals surface area contributed by atoms with Gasteiger partial charge in [0, 0.05) is 11.9 Å². The summed E-state index contributed by atoms with van der Waals surface area (Å²) in [7, 11) is 0. The molecule has 0 fully saturated rings. The van der Waals surface area contributed by atoms with Crippen LogP contribution in [0.15, 0.2) is 46.0 Å². The van der Waals surface area contributed by atoms with Crippen LogP contribution in [0, 0.1) is 6.92 Å². The van der Waals surface area contributed by atoms with E-state index in [2.05, 4.69) is 30.6 Å². The second-order valence-electron chi connectivity index (χ2n) is 8.91. The summed E-state index contributed by atoms with van der Waals surface area (Å²) in [6.07, 6.45) is 0.918. The topological polar surface area (TPSA) is 169 Å². The standard InChI is InChI=1S/C25H30N6O6S/c1-15(2)20-11-31(25(36)24(28-20)26-10-19-16(3)29-37-30-19)12-22(33)27-18(9-23(34)35)21(32)14-38-13-17-7-5-4-6-8-17/h4-8,11,15,18H,9-10,12-14H2,1-3H3,(H,26,28)(H,27,33)(H,34,35)/t18-/m0/s1. The van der Waals surface area contributed by atoms with Crippen molar-refractivity contribution in [3.05, 3.63) is 69.5 Å². The fourth-order valence-corrected chi connectivity index (χ4v) is 4.34. The molecule has 13 heteroatoms. The molecule has 0 radical (unpaired) electrons. The number of rotatable bonds is 14. The summed E-state index contributed by atoms with van der Waals surface area (Å²) in [6.45, 7) is 5.22. The first-order valence-electron chi connectivity index (χ1n) is 11.9. The van der Waals surface area contributed by atoms with E-state index >= 15 is 0 Å². The molecule has 0 spiro atoms. The molecule has 3 aromatic rings. The first kappa shape index (κ1) is 28.6. The fourth-order valence-electron chi connectivity index (χ4n) is 3.41. The number of ketones is 1. The molecule has 2 aromatic heterocycles. The Hall–Kier alpha value is -4.00. The minimum atomic E-state index is -1.22. The van der Waals surface area contributed by atoms with Crippen molar-refractivity contribution in [2.45, 2.75) is 58.0 Å². The van der Waals surface area contributed by atoms with E-state index < -0.39 is 42.2 Å². The third-order valence-electron chi connectivity index (χ3n) is 5.53. The van der Waals surface area contributed by atoms with Gasteiger partial charge in [-0.15, -0.1) is 11.8 Å². The largest absolute Gasteiger partial charge is 0.481 e. The number of aromatic nitrogens is 4. The van der Waals surface area contributed by atoms with Crippen molar-refractivity contribution in [1.29, 1.82) is 0 Å². The Balaban J connectivity index is 1.69. The van der Waals surface area contributed by atoms with Crippen molar-refractivity contribution in [1.82, 2.24) is 25.2 Å². The zero-order valence-electron chi connectivity index (χ0n) is 21.3. The Morgan fingerprint density at radius 2 is 1.89 bits per heavy atom. The molecule has 38 heavy (non-hydrogen) atoms. The molecule has 0 aliphatic rings. The lowest BCUT2D eigenvalue weighted by Gasteiger charge is -2.17. The van der Waals surface area contributed by atoms with Crippen LogP contribution in [-0.2, 0) is 33.2 Å². The minimum Gasteiger partial charge on any atom is -0.481 e. The van der Waals surface area contributed by atoms with Crippen molar-refractivity contribution in [2.75, 3.05) is 11.1 Å². The second kappa shape index (κ2) is 13.5. The molecule has 2 heterocycles. The van der Waals surface area contributed by atoms with Crippen LogP contribution in [0.1, 0.15) is 48.8 Å². The van der Waals surface area contributed by atoms with Gasteiger partial charge < -0.3 is 20.3 Å². The highest BCUT2D eigenvalue weighted by Crippen LogP contribution is 2.14. The molecule has 1 amide bonds. The van der Waals surface area contributed by atoms with Crippen molar-refractivity contribution in [3.8, 4) is 0 Å². The highest BCUT2D eigenvalue weighted by Gasteiger charge is 2.24. The van der Waals surface area contributed by atoms with E-state index in [1.165, 1.54) is 22.5 Å². The summed E-state index contributed by atoms with van der Waals surface area (Å²) < 4.78 is 5.85. The first-order chi connectivity index (χ1) is 18.1. The van der Waals surface area contributed by atoms with E-state index in [1.54, 1.807) is 6.92 Å². The van der Waals surface area contributed by atoms with Gasteiger partial charge in [0.15, 0.2) is 11.6 Å². The van der Waals surface area contributed by atoms with Crippen LogP contribution in [0.25, 0.3) is 0 Å². The number of amides is 1. The van der Waals surface area contributed by atoms with Crippen LogP contribution < -0.4 is 16.2 Å². The molecule has 3 rings (SSSR count). The van der Waals surface area contributed by atoms with Gasteiger partial charge in [-0.2, -0.15) is 0 Å². The number of hydrogen-bond donors (Lipinski definition) is 3. The lowest BCUT2D eigenvalue weighted by molar-refractivity contribution is -0.139. The summed E-state index contributed by atoms with van der Waals surface area (Å²) >= 11 is 1.33. The molecule has 0 bridgehead atoms. The normalized spacial score (nSPS) is 11.8. The maximum absolute atomic E-state index is 13.0. The van der Waals surface area contributed by atoms with Crippen LogP contribution >= 0.6 is 11.8 Å². The van der Waals surface area contributed by atoms with Crippen molar-refractivity contribution in [3.63, 3.8) is 0 Å². The maximum atomic E-state index is 13.0. The maximum Gasteiger partial charge on any atom is 0.305 e. The molecule has 0 unspecified atom stereocenters. The lowest BCUT2D eigenvalue weighted by atomic mass is 10.1. The third kappa shape index (κ3) is 8.26. The number of aryl methyl sites for hydroxylation is 1. The van der Waals surface area contributed by atoms with Gasteiger partial charge in [0.2, 0.25) is 5.91 Å². The van der Waals surface area contributed by atoms with Crippen LogP contribution in [-0.4, -0.2) is 54.4 Å². The van der Waals surface area contributed by atoms with Crippen molar-refractivity contribution in [2.24, 2.45) is 0 Å². The van der Waals surface area contributed by atoms with Crippen molar-refractivity contribution < 1.29 is 24.1 Å². The summed E-state index contributed by atoms with van der Waals surface area (Å²) in [5, 5.41) is 22.1. The van der Waals surface area contributed by atoms with Crippen LogP contribution in [0.2, 0.25) is 0 Å². The SMILES string of the molecule is Cc1nonc1CNc1nc(C(C)C)cn(CC(=O)N[C@@H](CC(=O)O)C(=O)CSCc2ccccc2)c1=O. The number of hydrogen-bond acceptors (Lipinski definition) is 10. The number of carboxylic acids is 1. The van der Waals surface area contributed by atoms with Gasteiger partial charge in [-0.1, -0.05) is 54.5 Å². The fraction of sp³-hybridized carbons (Fsp3) is 0.400. The molecule has 0 saturated heterocycles. The Morgan fingerprint density at radius 1 is 1.16 bits per heavy atom. The number of Topliss-reactive ketones (excluding diaryl/α,β-unsaturated/α-hetero) is 1.